The summed E-state index contributed by atoms with van der Waals surface area (Å²) in [4.78, 5) is 27.4. The van der Waals surface area contributed by atoms with Crippen molar-refractivity contribution in [1.29, 1.82) is 0 Å². The molecule has 1 aromatic rings. The molecule has 0 spiro atoms. The first-order chi connectivity index (χ1) is 9.06. The number of hydrogen-bond donors (Lipinski definition) is 1. The highest BCUT2D eigenvalue weighted by Gasteiger charge is 2.20. The van der Waals surface area contributed by atoms with Crippen LogP contribution >= 0.6 is 0 Å². The van der Waals surface area contributed by atoms with Gasteiger partial charge in [0.05, 0.1) is 0 Å². The number of aromatic nitrogens is 1. The summed E-state index contributed by atoms with van der Waals surface area (Å²) < 4.78 is 0. The van der Waals surface area contributed by atoms with E-state index in [4.69, 9.17) is 0 Å². The number of carbonyl (C=O) groups excluding carboxylic acids is 2. The number of Topliss-reactive ketones (excluding diaryl/α,β-unsaturated/α-hetero) is 1. The van der Waals surface area contributed by atoms with Crippen molar-refractivity contribution in [3.63, 3.8) is 0 Å². The largest absolute Gasteiger partial charge is 0.356 e. The lowest BCUT2D eigenvalue weighted by atomic mass is 9.90. The molecular formula is C15H22N2O2. The molecular weight excluding hydrogens is 240 g/mol. The number of hydrogen-bond acceptors (Lipinski definition) is 3. The van der Waals surface area contributed by atoms with Crippen molar-refractivity contribution >= 4 is 11.7 Å². The summed E-state index contributed by atoms with van der Waals surface area (Å²) in [5, 5.41) is 2.75. The normalized spacial score (nSPS) is 11.9. The molecule has 1 amide bonds. The summed E-state index contributed by atoms with van der Waals surface area (Å²) in [6, 6.07) is 1.85. The number of rotatable bonds is 7. The van der Waals surface area contributed by atoms with E-state index in [1.807, 2.05) is 13.0 Å². The summed E-state index contributed by atoms with van der Waals surface area (Å²) >= 11 is 0. The van der Waals surface area contributed by atoms with Crippen LogP contribution in [0.1, 0.15) is 49.0 Å². The first-order valence-electron chi connectivity index (χ1n) is 6.75. The third kappa shape index (κ3) is 4.81. The Hall–Kier alpha value is -1.71. The van der Waals surface area contributed by atoms with E-state index in [0.29, 0.717) is 18.5 Å². The van der Waals surface area contributed by atoms with E-state index in [0.717, 1.165) is 18.4 Å². The SMILES string of the molecule is CCCC(CCNC(C)=O)C(=O)c1cnccc1C. The molecule has 1 rings (SSSR count). The van der Waals surface area contributed by atoms with Gasteiger partial charge >= 0.3 is 0 Å². The van der Waals surface area contributed by atoms with Gasteiger partial charge in [0.15, 0.2) is 5.78 Å². The summed E-state index contributed by atoms with van der Waals surface area (Å²) in [5.74, 6) is 0.0396. The Morgan fingerprint density at radius 3 is 2.68 bits per heavy atom. The van der Waals surface area contributed by atoms with E-state index in [1.54, 1.807) is 12.4 Å². The zero-order valence-corrected chi connectivity index (χ0v) is 11.9. The first kappa shape index (κ1) is 15.3. The molecule has 1 atom stereocenters. The molecule has 0 bridgehead atoms. The molecule has 0 fully saturated rings. The molecule has 0 saturated heterocycles. The number of pyridine rings is 1. The molecule has 0 aliphatic carbocycles. The molecule has 1 unspecified atom stereocenters. The van der Waals surface area contributed by atoms with Gasteiger partial charge in [-0.2, -0.15) is 0 Å². The summed E-state index contributed by atoms with van der Waals surface area (Å²) in [6.07, 6.45) is 5.81. The highest BCUT2D eigenvalue weighted by atomic mass is 16.1. The van der Waals surface area contributed by atoms with Crippen molar-refractivity contribution < 1.29 is 9.59 Å². The highest BCUT2D eigenvalue weighted by molar-refractivity contribution is 5.98. The zero-order chi connectivity index (χ0) is 14.3. The van der Waals surface area contributed by atoms with Crippen LogP contribution in [0.3, 0.4) is 0 Å². The molecule has 104 valence electrons. The van der Waals surface area contributed by atoms with E-state index in [-0.39, 0.29) is 17.6 Å². The topological polar surface area (TPSA) is 59.1 Å². The Labute approximate surface area is 114 Å². The Morgan fingerprint density at radius 1 is 1.37 bits per heavy atom. The molecule has 0 aliphatic rings. The van der Waals surface area contributed by atoms with Gasteiger partial charge in [0.1, 0.15) is 0 Å². The van der Waals surface area contributed by atoms with Crippen LogP contribution in [0.4, 0.5) is 0 Å². The average Bonchev–Trinajstić information content (AvgIpc) is 2.37. The van der Waals surface area contributed by atoms with Crippen molar-refractivity contribution in [2.75, 3.05) is 6.54 Å². The molecule has 19 heavy (non-hydrogen) atoms. The van der Waals surface area contributed by atoms with Gasteiger partial charge in [-0.05, 0) is 31.4 Å². The van der Waals surface area contributed by atoms with Gasteiger partial charge in [0, 0.05) is 37.3 Å². The third-order valence-corrected chi connectivity index (χ3v) is 3.18. The van der Waals surface area contributed by atoms with Crippen LogP contribution in [0.5, 0.6) is 0 Å². The smallest absolute Gasteiger partial charge is 0.216 e. The van der Waals surface area contributed by atoms with Gasteiger partial charge in [-0.25, -0.2) is 0 Å². The van der Waals surface area contributed by atoms with E-state index in [1.165, 1.54) is 6.92 Å². The van der Waals surface area contributed by atoms with Crippen molar-refractivity contribution in [1.82, 2.24) is 10.3 Å². The van der Waals surface area contributed by atoms with Crippen molar-refractivity contribution in [3.8, 4) is 0 Å². The number of nitrogens with zero attached hydrogens (tertiary/aromatic N) is 1. The standard InChI is InChI=1S/C15H22N2O2/c1-4-5-13(7-9-17-12(3)18)15(19)14-10-16-8-6-11(14)2/h6,8,10,13H,4-5,7,9H2,1-3H3,(H,17,18). The van der Waals surface area contributed by atoms with Crippen LogP contribution in [0.25, 0.3) is 0 Å². The van der Waals surface area contributed by atoms with E-state index < -0.39 is 0 Å². The van der Waals surface area contributed by atoms with E-state index >= 15 is 0 Å². The van der Waals surface area contributed by atoms with Gasteiger partial charge in [0.25, 0.3) is 0 Å². The van der Waals surface area contributed by atoms with Crippen LogP contribution in [0.2, 0.25) is 0 Å². The van der Waals surface area contributed by atoms with Crippen molar-refractivity contribution in [3.05, 3.63) is 29.6 Å². The third-order valence-electron chi connectivity index (χ3n) is 3.18. The molecule has 4 nitrogen and oxygen atoms in total. The number of aryl methyl sites for hydroxylation is 1. The van der Waals surface area contributed by atoms with Crippen LogP contribution in [0.15, 0.2) is 18.5 Å². The second kappa shape index (κ2) is 7.67. The molecule has 0 aliphatic heterocycles. The number of carbonyl (C=O) groups is 2. The highest BCUT2D eigenvalue weighted by Crippen LogP contribution is 2.19. The molecule has 1 N–H and O–H groups in total. The Kier molecular flexibility index (Phi) is 6.19. The fraction of sp³-hybridized carbons (Fsp3) is 0.533. The number of ketones is 1. The summed E-state index contributed by atoms with van der Waals surface area (Å²) in [7, 11) is 0. The summed E-state index contributed by atoms with van der Waals surface area (Å²) in [6.45, 7) is 6.02. The zero-order valence-electron chi connectivity index (χ0n) is 11.9. The van der Waals surface area contributed by atoms with Gasteiger partial charge < -0.3 is 5.32 Å². The lowest BCUT2D eigenvalue weighted by Gasteiger charge is -2.16. The quantitative estimate of drug-likeness (QED) is 0.768. The van der Waals surface area contributed by atoms with Crippen LogP contribution in [-0.4, -0.2) is 23.2 Å². The second-order valence-electron chi connectivity index (χ2n) is 4.81. The Balaban J connectivity index is 2.72. The second-order valence-corrected chi connectivity index (χ2v) is 4.81. The van der Waals surface area contributed by atoms with Gasteiger partial charge in [-0.1, -0.05) is 13.3 Å². The molecule has 1 heterocycles. The monoisotopic (exact) mass is 262 g/mol. The lowest BCUT2D eigenvalue weighted by Crippen LogP contribution is -2.26. The minimum Gasteiger partial charge on any atom is -0.356 e. The van der Waals surface area contributed by atoms with Crippen molar-refractivity contribution in [2.24, 2.45) is 5.92 Å². The van der Waals surface area contributed by atoms with Gasteiger partial charge in [0.2, 0.25) is 5.91 Å². The minimum atomic E-state index is -0.0553. The maximum atomic E-state index is 12.5. The minimum absolute atomic E-state index is 0.0419. The molecule has 4 heteroatoms. The predicted molar refractivity (Wildman–Crippen MR) is 75.0 cm³/mol. The van der Waals surface area contributed by atoms with Crippen LogP contribution < -0.4 is 5.32 Å². The van der Waals surface area contributed by atoms with Crippen LogP contribution in [-0.2, 0) is 4.79 Å². The molecule has 0 aromatic carbocycles. The maximum absolute atomic E-state index is 12.5. The van der Waals surface area contributed by atoms with Crippen LogP contribution in [0, 0.1) is 12.8 Å². The first-order valence-corrected chi connectivity index (χ1v) is 6.75. The number of nitrogens with one attached hydrogen (secondary N) is 1. The fourth-order valence-corrected chi connectivity index (χ4v) is 2.12. The molecule has 0 radical (unpaired) electrons. The summed E-state index contributed by atoms with van der Waals surface area (Å²) in [5.41, 5.74) is 1.66. The van der Waals surface area contributed by atoms with Gasteiger partial charge in [-0.15, -0.1) is 0 Å². The maximum Gasteiger partial charge on any atom is 0.216 e. The molecule has 0 saturated carbocycles. The predicted octanol–water partition coefficient (Wildman–Crippen LogP) is 2.52. The fourth-order valence-electron chi connectivity index (χ4n) is 2.12. The Morgan fingerprint density at radius 2 is 2.11 bits per heavy atom. The Bertz CT molecular complexity index is 444. The van der Waals surface area contributed by atoms with Gasteiger partial charge in [-0.3, -0.25) is 14.6 Å². The van der Waals surface area contributed by atoms with E-state index in [2.05, 4.69) is 17.2 Å². The average molecular weight is 262 g/mol. The number of amides is 1. The lowest BCUT2D eigenvalue weighted by molar-refractivity contribution is -0.119. The molecule has 1 aromatic heterocycles. The van der Waals surface area contributed by atoms with E-state index in [9.17, 15) is 9.59 Å². The van der Waals surface area contributed by atoms with Crippen molar-refractivity contribution in [2.45, 2.75) is 40.0 Å².